The smallest absolute Gasteiger partial charge is 0.339 e. The van der Waals surface area contributed by atoms with Crippen molar-refractivity contribution in [2.45, 2.75) is 4.90 Å². The molecule has 1 aliphatic rings. The minimum atomic E-state index is -0.396. The summed E-state index contributed by atoms with van der Waals surface area (Å²) in [6.45, 7) is 0. The van der Waals surface area contributed by atoms with Gasteiger partial charge in [0.05, 0.1) is 47.8 Å². The van der Waals surface area contributed by atoms with Gasteiger partial charge in [-0.25, -0.2) is 14.6 Å². The zero-order valence-corrected chi connectivity index (χ0v) is 22.9. The second-order valence-electron chi connectivity index (χ2n) is 8.06. The van der Waals surface area contributed by atoms with E-state index in [2.05, 4.69) is 44.0 Å². The fourth-order valence-corrected chi connectivity index (χ4v) is 7.38. The zero-order valence-electron chi connectivity index (χ0n) is 19.9. The van der Waals surface area contributed by atoms with E-state index >= 15 is 0 Å². The van der Waals surface area contributed by atoms with Gasteiger partial charge in [0.25, 0.3) is 0 Å². The number of anilines is 4. The number of hydrogen-bond donors (Lipinski definition) is 2. The van der Waals surface area contributed by atoms with E-state index < -0.39 is 11.9 Å². The number of nitrogens with zero attached hydrogens (tertiary/aromatic N) is 1. The van der Waals surface area contributed by atoms with E-state index in [1.165, 1.54) is 14.2 Å². The number of esters is 2. The molecule has 0 saturated carbocycles. The number of fused-ring (bicyclic) bond motifs is 2. The Morgan fingerprint density at radius 2 is 1.30 bits per heavy atom. The Morgan fingerprint density at radius 1 is 0.757 bits per heavy atom. The zero-order chi connectivity index (χ0) is 25.9. The van der Waals surface area contributed by atoms with Crippen molar-refractivity contribution in [2.75, 3.05) is 24.9 Å². The number of hydrogen-bond acceptors (Lipinski definition) is 7. The molecule has 1 unspecified atom stereocenters. The van der Waals surface area contributed by atoms with Crippen LogP contribution in [0.5, 0.6) is 0 Å². The lowest BCUT2D eigenvalue weighted by atomic mass is 10.1. The molecule has 1 atom stereocenters. The van der Waals surface area contributed by atoms with Crippen molar-refractivity contribution in [1.29, 1.82) is 0 Å². The second-order valence-corrected chi connectivity index (χ2v) is 12.1. The maximum absolute atomic E-state index is 12.2. The molecule has 0 saturated heterocycles. The van der Waals surface area contributed by atoms with Crippen LogP contribution in [0.15, 0.2) is 94.8 Å². The first-order valence-corrected chi connectivity index (χ1v) is 15.0. The molecule has 4 aromatic carbocycles. The maximum Gasteiger partial charge on any atom is 0.339 e. The highest BCUT2D eigenvalue weighted by Gasteiger charge is 2.16. The van der Waals surface area contributed by atoms with E-state index in [0.717, 1.165) is 31.8 Å². The number of nitrogens with one attached hydrogen (secondary N) is 2. The minimum Gasteiger partial charge on any atom is -0.465 e. The molecule has 186 valence electrons. The van der Waals surface area contributed by atoms with Gasteiger partial charge in [0.1, 0.15) is 0 Å². The third-order valence-electron chi connectivity index (χ3n) is 5.77. The highest BCUT2D eigenvalue weighted by molar-refractivity contribution is 14.2. The van der Waals surface area contributed by atoms with Crippen molar-refractivity contribution in [3.05, 3.63) is 106 Å². The minimum absolute atomic E-state index is 0.295. The van der Waals surface area contributed by atoms with E-state index in [9.17, 15) is 9.59 Å². The molecular formula is C28H22IN3O4S. The van der Waals surface area contributed by atoms with Crippen molar-refractivity contribution >= 4 is 69.2 Å². The monoisotopic (exact) mass is 623 g/mol. The van der Waals surface area contributed by atoms with Gasteiger partial charge in [-0.3, -0.25) is 0 Å². The Hall–Kier alpha value is -3.70. The topological polar surface area (TPSA) is 89.0 Å². The van der Waals surface area contributed by atoms with Gasteiger partial charge < -0.3 is 20.1 Å². The predicted octanol–water partition coefficient (Wildman–Crippen LogP) is 6.94. The molecule has 0 fully saturated rings. The summed E-state index contributed by atoms with van der Waals surface area (Å²) in [6, 6.07) is 26.5. The van der Waals surface area contributed by atoms with Crippen molar-refractivity contribution in [2.24, 2.45) is 4.99 Å². The Balaban J connectivity index is 1.50. The van der Waals surface area contributed by atoms with Crippen LogP contribution in [0.4, 0.5) is 28.4 Å². The maximum atomic E-state index is 12.2. The van der Waals surface area contributed by atoms with Crippen LogP contribution in [-0.4, -0.2) is 26.2 Å². The Morgan fingerprint density at radius 3 is 1.89 bits per heavy atom. The van der Waals surface area contributed by atoms with Crippen LogP contribution in [-0.2, 0) is 9.47 Å². The van der Waals surface area contributed by atoms with Gasteiger partial charge in [0.2, 0.25) is 0 Å². The first-order valence-electron chi connectivity index (χ1n) is 11.3. The van der Waals surface area contributed by atoms with E-state index in [1.54, 1.807) is 24.3 Å². The standard InChI is InChI=1S/C28H22IN3O4S/c1-35-27(33)19-7-3-5-9-21(19)30-17-11-13-23-25(15-17)37(29)26-16-18(12-14-24(26)32-23)31-22-10-6-4-8-20(22)28(34)36-2/h3-16,30-31H,1-2H3. The number of ether oxygens (including phenoxy) is 2. The highest BCUT2D eigenvalue weighted by atomic mass is 127. The second kappa shape index (κ2) is 10.7. The SMILES string of the molecule is COC(=O)c1ccccc1Nc1ccc2c(c1)S(I)=c1cc(Nc3ccccc3C(=O)OC)ccc1=N2. The summed E-state index contributed by atoms with van der Waals surface area (Å²) in [5.41, 5.74) is 4.89. The molecule has 5 rings (SSSR count). The van der Waals surface area contributed by atoms with Crippen LogP contribution >= 0.6 is 28.9 Å². The quantitative estimate of drug-likeness (QED) is 0.138. The van der Waals surface area contributed by atoms with E-state index in [-0.39, 0.29) is 7.66 Å². The number of carbonyl (C=O) groups excluding carboxylic acids is 2. The first kappa shape index (κ1) is 25.0. The van der Waals surface area contributed by atoms with Gasteiger partial charge in [0, 0.05) is 20.8 Å². The van der Waals surface area contributed by atoms with Crippen molar-refractivity contribution in [3.63, 3.8) is 0 Å². The van der Waals surface area contributed by atoms with Gasteiger partial charge >= 0.3 is 11.9 Å². The van der Waals surface area contributed by atoms with Crippen LogP contribution in [0.2, 0.25) is 0 Å². The summed E-state index contributed by atoms with van der Waals surface area (Å²) in [6.07, 6.45) is 0. The van der Waals surface area contributed by atoms with Gasteiger partial charge in [0.15, 0.2) is 0 Å². The predicted molar refractivity (Wildman–Crippen MR) is 155 cm³/mol. The Labute approximate surface area is 228 Å². The van der Waals surface area contributed by atoms with Crippen molar-refractivity contribution < 1.29 is 19.1 Å². The summed E-state index contributed by atoms with van der Waals surface area (Å²) in [4.78, 5) is 30.3. The fourth-order valence-electron chi connectivity index (χ4n) is 3.97. The number of para-hydroxylation sites is 2. The molecule has 1 heterocycles. The number of methoxy groups -OCH3 is 2. The Bertz CT molecular complexity index is 1670. The number of rotatable bonds is 6. The Kier molecular flexibility index (Phi) is 7.24. The lowest BCUT2D eigenvalue weighted by Crippen LogP contribution is -2.08. The van der Waals surface area contributed by atoms with Crippen molar-refractivity contribution in [1.82, 2.24) is 0 Å². The van der Waals surface area contributed by atoms with Gasteiger partial charge in [-0.2, -0.15) is 0 Å². The molecule has 0 spiro atoms. The van der Waals surface area contributed by atoms with Crippen molar-refractivity contribution in [3.8, 4) is 0 Å². The van der Waals surface area contributed by atoms with E-state index in [0.29, 0.717) is 22.5 Å². The summed E-state index contributed by atoms with van der Waals surface area (Å²) in [5.74, 6) is -0.792. The lowest BCUT2D eigenvalue weighted by molar-refractivity contribution is 0.0593. The first-order chi connectivity index (χ1) is 18.0. The van der Waals surface area contributed by atoms with Gasteiger partial charge in [-0.15, -0.1) is 0 Å². The van der Waals surface area contributed by atoms with Crippen LogP contribution in [0, 0.1) is 4.51 Å². The van der Waals surface area contributed by atoms with Crippen LogP contribution < -0.4 is 16.0 Å². The van der Waals surface area contributed by atoms with Crippen LogP contribution in [0.3, 0.4) is 0 Å². The normalized spacial score (nSPS) is 13.4. The average Bonchev–Trinajstić information content (AvgIpc) is 2.93. The summed E-state index contributed by atoms with van der Waals surface area (Å²) in [7, 11) is 2.45. The molecule has 0 amide bonds. The number of halogens is 1. The van der Waals surface area contributed by atoms with Crippen LogP contribution in [0.1, 0.15) is 20.7 Å². The summed E-state index contributed by atoms with van der Waals surface area (Å²) >= 11 is 2.45. The highest BCUT2D eigenvalue weighted by Crippen LogP contribution is 2.46. The third kappa shape index (κ3) is 5.09. The van der Waals surface area contributed by atoms with E-state index in [1.807, 2.05) is 48.5 Å². The van der Waals surface area contributed by atoms with E-state index in [4.69, 9.17) is 14.5 Å². The number of benzene rings is 4. The molecule has 7 nitrogen and oxygen atoms in total. The molecular weight excluding hydrogens is 601 g/mol. The molecule has 9 heteroatoms. The largest absolute Gasteiger partial charge is 0.465 e. The third-order valence-corrected chi connectivity index (χ3v) is 10.0. The molecule has 0 aliphatic carbocycles. The van der Waals surface area contributed by atoms with Crippen LogP contribution in [0.25, 0.3) is 0 Å². The summed E-state index contributed by atoms with van der Waals surface area (Å²) in [5, 5.41) is 7.61. The molecule has 4 aromatic rings. The molecule has 1 aliphatic heterocycles. The average molecular weight is 623 g/mol. The molecule has 0 bridgehead atoms. The molecule has 37 heavy (non-hydrogen) atoms. The number of carbonyl (C=O) groups is 2. The fraction of sp³-hybridized carbons (Fsp3) is 0.0714. The molecule has 2 N–H and O–H groups in total. The van der Waals surface area contributed by atoms with Gasteiger partial charge in [-0.1, -0.05) is 31.9 Å². The lowest BCUT2D eigenvalue weighted by Gasteiger charge is -2.16. The van der Waals surface area contributed by atoms with Gasteiger partial charge in [-0.05, 0) is 81.9 Å². The summed E-state index contributed by atoms with van der Waals surface area (Å²) < 4.78 is 10.9. The molecule has 0 radical (unpaired) electrons. The molecule has 0 aromatic heterocycles.